The molecule has 0 atom stereocenters. The average Bonchev–Trinajstić information content (AvgIpc) is 2.73. The molecule has 0 aromatic carbocycles. The maximum absolute atomic E-state index is 5.89. The summed E-state index contributed by atoms with van der Waals surface area (Å²) in [7, 11) is 0. The number of hydrogen-bond acceptors (Lipinski definition) is 6. The summed E-state index contributed by atoms with van der Waals surface area (Å²) in [6, 6.07) is 2.00. The van der Waals surface area contributed by atoms with E-state index in [0.29, 0.717) is 5.82 Å². The van der Waals surface area contributed by atoms with E-state index < -0.39 is 0 Å². The molecule has 1 fully saturated rings. The molecule has 2 aromatic rings. The smallest absolute Gasteiger partial charge is 0.148 e. The molecule has 1 saturated heterocycles. The van der Waals surface area contributed by atoms with Gasteiger partial charge in [0.15, 0.2) is 0 Å². The van der Waals surface area contributed by atoms with Crippen molar-refractivity contribution in [3.63, 3.8) is 0 Å². The minimum absolute atomic E-state index is 0.578. The van der Waals surface area contributed by atoms with Crippen molar-refractivity contribution in [3.8, 4) is 0 Å². The molecule has 84 valence electrons. The molecule has 3 rings (SSSR count). The highest BCUT2D eigenvalue weighted by Crippen LogP contribution is 2.32. The minimum Gasteiger partial charge on any atom is -0.382 e. The molecule has 6 heteroatoms. The standard InChI is InChI=1S/C10H12N4OS/c11-9-8-7(14-3-5-15-6-4-14)1-2-12-10(8)16-13-9/h1-2H,3-6H2,(H2,11,13). The van der Waals surface area contributed by atoms with Gasteiger partial charge in [0.05, 0.1) is 24.3 Å². The second kappa shape index (κ2) is 3.88. The van der Waals surface area contributed by atoms with Crippen LogP contribution in [0.5, 0.6) is 0 Å². The number of morpholine rings is 1. The maximum atomic E-state index is 5.89. The van der Waals surface area contributed by atoms with E-state index >= 15 is 0 Å². The van der Waals surface area contributed by atoms with Crippen LogP contribution in [0.4, 0.5) is 11.5 Å². The Balaban J connectivity index is 2.10. The summed E-state index contributed by atoms with van der Waals surface area (Å²) >= 11 is 1.35. The Kier molecular flexibility index (Phi) is 2.37. The highest BCUT2D eigenvalue weighted by molar-refractivity contribution is 7.13. The number of pyridine rings is 1. The van der Waals surface area contributed by atoms with Crippen molar-refractivity contribution in [1.29, 1.82) is 0 Å². The minimum atomic E-state index is 0.578. The van der Waals surface area contributed by atoms with Crippen molar-refractivity contribution < 1.29 is 4.74 Å². The second-order valence-corrected chi connectivity index (χ2v) is 4.43. The molecule has 0 unspecified atom stereocenters. The van der Waals surface area contributed by atoms with Crippen LogP contribution >= 0.6 is 11.5 Å². The Morgan fingerprint density at radius 3 is 3.00 bits per heavy atom. The van der Waals surface area contributed by atoms with Crippen LogP contribution in [0.2, 0.25) is 0 Å². The first-order chi connectivity index (χ1) is 7.86. The third-order valence-corrected chi connectivity index (χ3v) is 3.50. The number of fused-ring (bicyclic) bond motifs is 1. The van der Waals surface area contributed by atoms with Gasteiger partial charge in [0.2, 0.25) is 0 Å². The Hall–Kier alpha value is -1.40. The van der Waals surface area contributed by atoms with Gasteiger partial charge >= 0.3 is 0 Å². The van der Waals surface area contributed by atoms with Crippen molar-refractivity contribution in [2.45, 2.75) is 0 Å². The van der Waals surface area contributed by atoms with Gasteiger partial charge < -0.3 is 15.4 Å². The van der Waals surface area contributed by atoms with E-state index in [1.807, 2.05) is 12.3 Å². The third kappa shape index (κ3) is 1.50. The summed E-state index contributed by atoms with van der Waals surface area (Å²) in [6.07, 6.45) is 1.81. The van der Waals surface area contributed by atoms with Crippen LogP contribution in [0.15, 0.2) is 12.3 Å². The fraction of sp³-hybridized carbons (Fsp3) is 0.400. The van der Waals surface area contributed by atoms with Gasteiger partial charge in [-0.15, -0.1) is 0 Å². The topological polar surface area (TPSA) is 64.3 Å². The molecule has 2 aromatic heterocycles. The zero-order chi connectivity index (χ0) is 11.0. The normalized spacial score (nSPS) is 16.9. The Labute approximate surface area is 97.0 Å². The zero-order valence-corrected chi connectivity index (χ0v) is 9.54. The molecule has 0 spiro atoms. The average molecular weight is 236 g/mol. The lowest BCUT2D eigenvalue weighted by Crippen LogP contribution is -2.36. The van der Waals surface area contributed by atoms with Gasteiger partial charge in [-0.1, -0.05) is 0 Å². The molecule has 3 heterocycles. The molecule has 1 aliphatic heterocycles. The summed E-state index contributed by atoms with van der Waals surface area (Å²) < 4.78 is 9.49. The molecule has 0 radical (unpaired) electrons. The predicted molar refractivity (Wildman–Crippen MR) is 64.9 cm³/mol. The molecule has 2 N–H and O–H groups in total. The molecule has 0 bridgehead atoms. The SMILES string of the molecule is Nc1nsc2nccc(N3CCOCC3)c12. The van der Waals surface area contributed by atoms with Gasteiger partial charge in [0.25, 0.3) is 0 Å². The summed E-state index contributed by atoms with van der Waals surface area (Å²) in [4.78, 5) is 7.46. The van der Waals surface area contributed by atoms with Crippen LogP contribution in [0, 0.1) is 0 Å². The van der Waals surface area contributed by atoms with E-state index in [4.69, 9.17) is 10.5 Å². The monoisotopic (exact) mass is 236 g/mol. The van der Waals surface area contributed by atoms with Crippen molar-refractivity contribution >= 4 is 33.3 Å². The van der Waals surface area contributed by atoms with Gasteiger partial charge in [-0.2, -0.15) is 4.37 Å². The highest BCUT2D eigenvalue weighted by Gasteiger charge is 2.17. The number of nitrogens with two attached hydrogens (primary N) is 1. The lowest BCUT2D eigenvalue weighted by atomic mass is 10.2. The van der Waals surface area contributed by atoms with E-state index in [-0.39, 0.29) is 0 Å². The second-order valence-electron chi connectivity index (χ2n) is 3.68. The fourth-order valence-electron chi connectivity index (χ4n) is 1.95. The quantitative estimate of drug-likeness (QED) is 0.803. The fourth-order valence-corrected chi connectivity index (χ4v) is 2.63. The predicted octanol–water partition coefficient (Wildman–Crippen LogP) is 1.11. The third-order valence-electron chi connectivity index (χ3n) is 2.73. The Morgan fingerprint density at radius 1 is 1.38 bits per heavy atom. The lowest BCUT2D eigenvalue weighted by Gasteiger charge is -2.29. The Morgan fingerprint density at radius 2 is 2.19 bits per heavy atom. The van der Waals surface area contributed by atoms with Crippen molar-refractivity contribution in [2.24, 2.45) is 0 Å². The van der Waals surface area contributed by atoms with Gasteiger partial charge in [-0.05, 0) is 17.6 Å². The van der Waals surface area contributed by atoms with E-state index in [1.54, 1.807) is 0 Å². The lowest BCUT2D eigenvalue weighted by molar-refractivity contribution is 0.123. The Bertz CT molecular complexity index is 506. The molecular formula is C10H12N4OS. The number of aromatic nitrogens is 2. The first-order valence-electron chi connectivity index (χ1n) is 5.19. The van der Waals surface area contributed by atoms with Crippen LogP contribution in [-0.4, -0.2) is 35.7 Å². The van der Waals surface area contributed by atoms with E-state index in [2.05, 4.69) is 14.3 Å². The zero-order valence-electron chi connectivity index (χ0n) is 8.72. The molecule has 1 aliphatic rings. The van der Waals surface area contributed by atoms with Crippen LogP contribution in [-0.2, 0) is 4.74 Å². The number of hydrogen-bond donors (Lipinski definition) is 1. The summed E-state index contributed by atoms with van der Waals surface area (Å²) in [5.41, 5.74) is 7.01. The molecule has 16 heavy (non-hydrogen) atoms. The van der Waals surface area contributed by atoms with Gasteiger partial charge in [-0.3, -0.25) is 0 Å². The van der Waals surface area contributed by atoms with Crippen molar-refractivity contribution in [2.75, 3.05) is 36.9 Å². The van der Waals surface area contributed by atoms with Gasteiger partial charge in [0.1, 0.15) is 10.6 Å². The van der Waals surface area contributed by atoms with Crippen LogP contribution in [0.3, 0.4) is 0 Å². The molecule has 5 nitrogen and oxygen atoms in total. The first kappa shape index (κ1) is 9.80. The summed E-state index contributed by atoms with van der Waals surface area (Å²) in [5, 5.41) is 0.981. The number of nitrogen functional groups attached to an aromatic ring is 1. The van der Waals surface area contributed by atoms with E-state index in [1.165, 1.54) is 11.5 Å². The van der Waals surface area contributed by atoms with Crippen molar-refractivity contribution in [3.05, 3.63) is 12.3 Å². The number of rotatable bonds is 1. The van der Waals surface area contributed by atoms with Crippen LogP contribution in [0.25, 0.3) is 10.2 Å². The maximum Gasteiger partial charge on any atom is 0.148 e. The van der Waals surface area contributed by atoms with E-state index in [9.17, 15) is 0 Å². The number of anilines is 2. The van der Waals surface area contributed by atoms with E-state index in [0.717, 1.165) is 42.2 Å². The largest absolute Gasteiger partial charge is 0.382 e. The highest BCUT2D eigenvalue weighted by atomic mass is 32.1. The van der Waals surface area contributed by atoms with Crippen LogP contribution in [0.1, 0.15) is 0 Å². The summed E-state index contributed by atoms with van der Waals surface area (Å²) in [6.45, 7) is 3.32. The summed E-state index contributed by atoms with van der Waals surface area (Å²) in [5.74, 6) is 0.578. The molecule has 0 aliphatic carbocycles. The van der Waals surface area contributed by atoms with Gasteiger partial charge in [0, 0.05) is 19.3 Å². The van der Waals surface area contributed by atoms with Crippen molar-refractivity contribution in [1.82, 2.24) is 9.36 Å². The van der Waals surface area contributed by atoms with Crippen LogP contribution < -0.4 is 10.6 Å². The number of ether oxygens (including phenoxy) is 1. The van der Waals surface area contributed by atoms with Gasteiger partial charge in [-0.25, -0.2) is 4.98 Å². The first-order valence-corrected chi connectivity index (χ1v) is 5.96. The molecule has 0 amide bonds. The molecule has 0 saturated carbocycles. The molecular weight excluding hydrogens is 224 g/mol. The number of nitrogens with zero attached hydrogens (tertiary/aromatic N) is 3.